The van der Waals surface area contributed by atoms with Crippen molar-refractivity contribution < 1.29 is 19.6 Å². The molecule has 0 atom stereocenters. The maximum atomic E-state index is 12.0. The Kier molecular flexibility index (Phi) is 3.69. The van der Waals surface area contributed by atoms with Crippen molar-refractivity contribution in [2.75, 3.05) is 0 Å². The molecule has 2 rings (SSSR count). The van der Waals surface area contributed by atoms with Gasteiger partial charge in [0.05, 0.1) is 4.92 Å². The van der Waals surface area contributed by atoms with E-state index in [0.29, 0.717) is 24.8 Å². The molecule has 7 heteroatoms. The summed E-state index contributed by atoms with van der Waals surface area (Å²) in [5, 5.41) is 22.5. The fourth-order valence-electron chi connectivity index (χ4n) is 2.25. The van der Waals surface area contributed by atoms with Gasteiger partial charge in [0.25, 0.3) is 5.69 Å². The van der Waals surface area contributed by atoms with Crippen LogP contribution in [0.25, 0.3) is 0 Å². The third kappa shape index (κ3) is 2.34. The molecular formula is C13H14N2O5. The van der Waals surface area contributed by atoms with Crippen LogP contribution in [0.3, 0.4) is 0 Å². The maximum absolute atomic E-state index is 12.0. The molecule has 0 unspecified atom stereocenters. The van der Waals surface area contributed by atoms with Crippen LogP contribution in [0.15, 0.2) is 24.3 Å². The van der Waals surface area contributed by atoms with E-state index in [1.54, 1.807) is 6.07 Å². The summed E-state index contributed by atoms with van der Waals surface area (Å²) in [6.45, 7) is -0.0506. The largest absolute Gasteiger partial charge is 0.480 e. The van der Waals surface area contributed by atoms with Gasteiger partial charge in [0.1, 0.15) is 5.41 Å². The number of nitro groups is 1. The Bertz CT molecular complexity index is 566. The first-order chi connectivity index (χ1) is 9.47. The molecule has 1 aromatic carbocycles. The highest BCUT2D eigenvalue weighted by atomic mass is 16.6. The zero-order chi connectivity index (χ0) is 14.8. The number of carboxylic acid groups (broad SMARTS) is 1. The Hall–Kier alpha value is -2.44. The monoisotopic (exact) mass is 278 g/mol. The van der Waals surface area contributed by atoms with Gasteiger partial charge in [0.2, 0.25) is 5.91 Å². The van der Waals surface area contributed by atoms with Gasteiger partial charge in [-0.2, -0.15) is 0 Å². The molecule has 1 aliphatic carbocycles. The van der Waals surface area contributed by atoms with Gasteiger partial charge in [0, 0.05) is 18.2 Å². The van der Waals surface area contributed by atoms with E-state index in [1.165, 1.54) is 18.2 Å². The zero-order valence-electron chi connectivity index (χ0n) is 10.7. The molecule has 1 aromatic rings. The molecule has 1 amide bonds. The van der Waals surface area contributed by atoms with Crippen molar-refractivity contribution in [3.05, 3.63) is 39.9 Å². The van der Waals surface area contributed by atoms with E-state index < -0.39 is 22.2 Å². The summed E-state index contributed by atoms with van der Waals surface area (Å²) in [7, 11) is 0. The number of aliphatic carboxylic acids is 1. The number of carbonyl (C=O) groups is 2. The van der Waals surface area contributed by atoms with Crippen LogP contribution >= 0.6 is 0 Å². The van der Waals surface area contributed by atoms with Crippen molar-refractivity contribution >= 4 is 17.6 Å². The summed E-state index contributed by atoms with van der Waals surface area (Å²) < 4.78 is 0. The normalized spacial score (nSPS) is 16.0. The summed E-state index contributed by atoms with van der Waals surface area (Å²) in [6.07, 6.45) is 1.32. The average molecular weight is 278 g/mol. The standard InChI is InChI=1S/C13H14N2O5/c16-11(13(12(17)18)6-3-7-13)14-8-9-4-1-2-5-10(9)15(19)20/h1-2,4-5H,3,6-8H2,(H,14,16)(H,17,18). The first-order valence-corrected chi connectivity index (χ1v) is 6.21. The van der Waals surface area contributed by atoms with Gasteiger partial charge < -0.3 is 10.4 Å². The Morgan fingerprint density at radius 1 is 1.35 bits per heavy atom. The van der Waals surface area contributed by atoms with E-state index in [9.17, 15) is 19.7 Å². The van der Waals surface area contributed by atoms with Crippen LogP contribution in [0.4, 0.5) is 5.69 Å². The highest BCUT2D eigenvalue weighted by Crippen LogP contribution is 2.41. The van der Waals surface area contributed by atoms with Gasteiger partial charge in [-0.25, -0.2) is 0 Å². The van der Waals surface area contributed by atoms with E-state index in [4.69, 9.17) is 5.11 Å². The van der Waals surface area contributed by atoms with Crippen LogP contribution in [0.1, 0.15) is 24.8 Å². The lowest BCUT2D eigenvalue weighted by molar-refractivity contribution is -0.385. The Morgan fingerprint density at radius 3 is 2.50 bits per heavy atom. The van der Waals surface area contributed by atoms with Crippen molar-refractivity contribution in [2.45, 2.75) is 25.8 Å². The van der Waals surface area contributed by atoms with Crippen LogP contribution in [-0.4, -0.2) is 21.9 Å². The Balaban J connectivity index is 2.08. The third-order valence-corrected chi connectivity index (χ3v) is 3.68. The summed E-state index contributed by atoms with van der Waals surface area (Å²) in [5.74, 6) is -1.71. The molecule has 0 spiro atoms. The molecule has 0 aliphatic heterocycles. The van der Waals surface area contributed by atoms with E-state index >= 15 is 0 Å². The highest BCUT2D eigenvalue weighted by Gasteiger charge is 2.51. The van der Waals surface area contributed by atoms with E-state index in [1.807, 2.05) is 0 Å². The number of amides is 1. The predicted octanol–water partition coefficient (Wildman–Crippen LogP) is 1.47. The lowest BCUT2D eigenvalue weighted by Crippen LogP contribution is -2.50. The number of nitro benzene ring substituents is 1. The van der Waals surface area contributed by atoms with E-state index in [2.05, 4.69) is 5.32 Å². The molecule has 7 nitrogen and oxygen atoms in total. The minimum Gasteiger partial charge on any atom is -0.480 e. The minimum absolute atomic E-state index is 0.0506. The molecule has 1 aliphatic rings. The first-order valence-electron chi connectivity index (χ1n) is 6.21. The second-order valence-electron chi connectivity index (χ2n) is 4.81. The van der Waals surface area contributed by atoms with Gasteiger partial charge in [-0.1, -0.05) is 24.6 Å². The van der Waals surface area contributed by atoms with Crippen LogP contribution in [0.2, 0.25) is 0 Å². The fraction of sp³-hybridized carbons (Fsp3) is 0.385. The molecule has 0 aromatic heterocycles. The van der Waals surface area contributed by atoms with Crippen LogP contribution in [0.5, 0.6) is 0 Å². The number of carbonyl (C=O) groups excluding carboxylic acids is 1. The van der Waals surface area contributed by atoms with Crippen LogP contribution in [-0.2, 0) is 16.1 Å². The summed E-state index contributed by atoms with van der Waals surface area (Å²) in [5.41, 5.74) is -1.10. The molecular weight excluding hydrogens is 264 g/mol. The molecule has 0 radical (unpaired) electrons. The fourth-order valence-corrected chi connectivity index (χ4v) is 2.25. The predicted molar refractivity (Wildman–Crippen MR) is 68.9 cm³/mol. The number of benzene rings is 1. The number of nitrogens with zero attached hydrogens (tertiary/aromatic N) is 1. The SMILES string of the molecule is O=C(O)C1(C(=O)NCc2ccccc2[N+](=O)[O-])CCC1. The molecule has 0 heterocycles. The molecule has 0 bridgehead atoms. The third-order valence-electron chi connectivity index (χ3n) is 3.68. The second kappa shape index (κ2) is 5.28. The number of hydrogen-bond acceptors (Lipinski definition) is 4. The number of rotatable bonds is 5. The summed E-state index contributed by atoms with van der Waals surface area (Å²) >= 11 is 0. The van der Waals surface area contributed by atoms with Gasteiger partial charge in [-0.3, -0.25) is 19.7 Å². The highest BCUT2D eigenvalue weighted by molar-refractivity contribution is 6.02. The van der Waals surface area contributed by atoms with Crippen LogP contribution in [0, 0.1) is 15.5 Å². The lowest BCUT2D eigenvalue weighted by Gasteiger charge is -2.35. The summed E-state index contributed by atoms with van der Waals surface area (Å²) in [4.78, 5) is 33.5. The topological polar surface area (TPSA) is 110 Å². The number of carboxylic acids is 1. The minimum atomic E-state index is -1.36. The lowest BCUT2D eigenvalue weighted by atomic mass is 9.68. The van der Waals surface area contributed by atoms with Crippen molar-refractivity contribution in [1.82, 2.24) is 5.32 Å². The number of hydrogen-bond donors (Lipinski definition) is 2. The Morgan fingerprint density at radius 2 is 2.00 bits per heavy atom. The molecule has 106 valence electrons. The smallest absolute Gasteiger partial charge is 0.319 e. The molecule has 20 heavy (non-hydrogen) atoms. The van der Waals surface area contributed by atoms with Crippen molar-refractivity contribution in [3.63, 3.8) is 0 Å². The van der Waals surface area contributed by atoms with E-state index in [-0.39, 0.29) is 12.2 Å². The molecule has 2 N–H and O–H groups in total. The summed E-state index contributed by atoms with van der Waals surface area (Å²) in [6, 6.07) is 6.04. The van der Waals surface area contributed by atoms with Crippen molar-refractivity contribution in [1.29, 1.82) is 0 Å². The first kappa shape index (κ1) is 14.0. The maximum Gasteiger partial charge on any atom is 0.319 e. The van der Waals surface area contributed by atoms with Gasteiger partial charge in [-0.15, -0.1) is 0 Å². The molecule has 1 saturated carbocycles. The quantitative estimate of drug-likeness (QED) is 0.481. The molecule has 0 saturated heterocycles. The van der Waals surface area contributed by atoms with Gasteiger partial charge in [-0.05, 0) is 12.8 Å². The second-order valence-corrected chi connectivity index (χ2v) is 4.81. The van der Waals surface area contributed by atoms with Crippen LogP contribution < -0.4 is 5.32 Å². The number of para-hydroxylation sites is 1. The number of nitrogens with one attached hydrogen (secondary N) is 1. The van der Waals surface area contributed by atoms with Gasteiger partial charge >= 0.3 is 5.97 Å². The van der Waals surface area contributed by atoms with Crippen molar-refractivity contribution in [2.24, 2.45) is 5.41 Å². The Labute approximate surface area is 114 Å². The zero-order valence-corrected chi connectivity index (χ0v) is 10.7. The molecule has 1 fully saturated rings. The average Bonchev–Trinajstić information content (AvgIpc) is 2.34. The van der Waals surface area contributed by atoms with E-state index in [0.717, 1.165) is 0 Å². The van der Waals surface area contributed by atoms with Crippen molar-refractivity contribution in [3.8, 4) is 0 Å². The van der Waals surface area contributed by atoms with Gasteiger partial charge in [0.15, 0.2) is 0 Å².